The first kappa shape index (κ1) is 33.8. The summed E-state index contributed by atoms with van der Waals surface area (Å²) in [6, 6.07) is 18.2. The number of halogens is 1. The minimum atomic E-state index is -0.0871. The molecule has 2 fully saturated rings. The van der Waals surface area contributed by atoms with Crippen molar-refractivity contribution < 1.29 is 19.0 Å². The van der Waals surface area contributed by atoms with Crippen LogP contribution in [0.5, 0.6) is 17.2 Å². The topological polar surface area (TPSA) is 60.0 Å². The van der Waals surface area contributed by atoms with E-state index < -0.39 is 0 Å². The van der Waals surface area contributed by atoms with Crippen molar-refractivity contribution in [3.8, 4) is 28.4 Å². The molecule has 0 radical (unpaired) electrons. The van der Waals surface area contributed by atoms with Crippen LogP contribution < -0.4 is 19.5 Å². The highest BCUT2D eigenvalue weighted by Gasteiger charge is 2.29. The molecule has 1 saturated heterocycles. The van der Waals surface area contributed by atoms with Crippen LogP contribution in [0.2, 0.25) is 5.02 Å². The van der Waals surface area contributed by atoms with E-state index >= 15 is 0 Å². The van der Waals surface area contributed by atoms with Gasteiger partial charge in [-0.2, -0.15) is 0 Å². The Morgan fingerprint density at radius 3 is 2.47 bits per heavy atom. The van der Waals surface area contributed by atoms with Crippen molar-refractivity contribution in [1.82, 2.24) is 10.2 Å². The Hall–Kier alpha value is -3.06. The first-order valence-corrected chi connectivity index (χ1v) is 18.1. The molecule has 3 aromatic carbocycles. The van der Waals surface area contributed by atoms with Crippen molar-refractivity contribution in [2.24, 2.45) is 5.92 Å². The molecule has 0 unspecified atom stereocenters. The molecule has 1 aliphatic heterocycles. The Balaban J connectivity index is 1.13. The average molecular weight is 659 g/mol. The number of hydrogen-bond acceptors (Lipinski definition) is 6. The number of nitrogens with one attached hydrogen (secondary N) is 1. The van der Waals surface area contributed by atoms with Crippen molar-refractivity contribution in [1.29, 1.82) is 0 Å². The van der Waals surface area contributed by atoms with Crippen molar-refractivity contribution >= 4 is 17.4 Å². The molecule has 1 saturated carbocycles. The maximum absolute atomic E-state index is 11.7. The first-order valence-electron chi connectivity index (χ1n) is 17.8. The number of benzene rings is 3. The minimum absolute atomic E-state index is 0.0871. The summed E-state index contributed by atoms with van der Waals surface area (Å²) < 4.78 is 19.0. The van der Waals surface area contributed by atoms with Crippen molar-refractivity contribution in [2.75, 3.05) is 26.3 Å². The van der Waals surface area contributed by atoms with Crippen LogP contribution in [0.1, 0.15) is 94.1 Å². The van der Waals surface area contributed by atoms with E-state index in [1.165, 1.54) is 40.7 Å². The van der Waals surface area contributed by atoms with Gasteiger partial charge < -0.3 is 19.5 Å². The van der Waals surface area contributed by atoms with Crippen LogP contribution in [0, 0.1) is 12.8 Å². The maximum Gasteiger partial charge on any atom is 0.142 e. The van der Waals surface area contributed by atoms with E-state index in [-0.39, 0.29) is 6.10 Å². The lowest BCUT2D eigenvalue weighted by molar-refractivity contribution is -0.117. The second kappa shape index (κ2) is 15.4. The smallest absolute Gasteiger partial charge is 0.142 e. The van der Waals surface area contributed by atoms with E-state index in [1.54, 1.807) is 0 Å². The molecule has 0 amide bonds. The fraction of sp³-hybridized carbons (Fsp3) is 0.525. The third-order valence-electron chi connectivity index (χ3n) is 10.5. The van der Waals surface area contributed by atoms with E-state index in [4.69, 9.17) is 25.8 Å². The number of hydrogen-bond donors (Lipinski definition) is 1. The van der Waals surface area contributed by atoms with Crippen LogP contribution >= 0.6 is 11.6 Å². The highest BCUT2D eigenvalue weighted by Crippen LogP contribution is 2.44. The zero-order valence-corrected chi connectivity index (χ0v) is 29.3. The number of carbonyl (C=O) groups is 1. The molecule has 6 rings (SSSR count). The number of carbonyl (C=O) groups excluding carboxylic acids is 1. The predicted octanol–water partition coefficient (Wildman–Crippen LogP) is 8.88. The molecule has 7 heteroatoms. The van der Waals surface area contributed by atoms with E-state index in [0.29, 0.717) is 60.6 Å². The summed E-state index contributed by atoms with van der Waals surface area (Å²) in [5, 5.41) is 4.10. The normalized spacial score (nSPS) is 22.5. The number of nitrogens with zero attached hydrogens (tertiary/aromatic N) is 1. The van der Waals surface area contributed by atoms with Crippen LogP contribution in [0.15, 0.2) is 48.5 Å². The van der Waals surface area contributed by atoms with Gasteiger partial charge in [-0.3, -0.25) is 9.69 Å². The quantitative estimate of drug-likeness (QED) is 0.175. The zero-order valence-electron chi connectivity index (χ0n) is 28.6. The van der Waals surface area contributed by atoms with Crippen LogP contribution in [-0.4, -0.2) is 49.1 Å². The number of fused-ring (bicyclic) bond motifs is 1. The summed E-state index contributed by atoms with van der Waals surface area (Å²) in [6.07, 6.45) is 7.73. The lowest BCUT2D eigenvalue weighted by Gasteiger charge is -2.25. The standard InChI is InChI=1S/C40H51ClN2O4/c1-5-45-39-23-40(36(41)22-30(39)25-42-24-29-15-16-31(44)21-29)47-38-18-17-34-33(10-6-11-35(34)38)32-9-7-12-37(28(32)4)46-20-8-19-43-26(2)13-14-27(43)3/h6-7,9-12,22-23,26-27,29,38,42H,5,8,13-21,24-25H2,1-4H3/t26-,27-,29-,38+/m1/s1. The Bertz CT molecular complexity index is 1550. The van der Waals surface area contributed by atoms with Gasteiger partial charge in [-0.1, -0.05) is 41.9 Å². The monoisotopic (exact) mass is 658 g/mol. The fourth-order valence-corrected chi connectivity index (χ4v) is 8.13. The van der Waals surface area contributed by atoms with Gasteiger partial charge in [0, 0.05) is 49.6 Å². The minimum Gasteiger partial charge on any atom is -0.493 e. The van der Waals surface area contributed by atoms with Gasteiger partial charge in [0.05, 0.1) is 18.2 Å². The predicted molar refractivity (Wildman–Crippen MR) is 190 cm³/mol. The molecule has 6 nitrogen and oxygen atoms in total. The fourth-order valence-electron chi connectivity index (χ4n) is 7.90. The molecule has 0 bridgehead atoms. The number of rotatable bonds is 14. The molecule has 0 aromatic heterocycles. The van der Waals surface area contributed by atoms with E-state index in [9.17, 15) is 4.79 Å². The maximum atomic E-state index is 11.7. The van der Waals surface area contributed by atoms with Gasteiger partial charge in [0.1, 0.15) is 29.1 Å². The summed E-state index contributed by atoms with van der Waals surface area (Å²) in [7, 11) is 0. The van der Waals surface area contributed by atoms with Crippen LogP contribution in [0.3, 0.4) is 0 Å². The lowest BCUT2D eigenvalue weighted by Crippen LogP contribution is -2.34. The Kier molecular flexibility index (Phi) is 11.1. The Labute approximate surface area is 286 Å². The van der Waals surface area contributed by atoms with Crippen molar-refractivity contribution in [3.63, 3.8) is 0 Å². The second-order valence-corrected chi connectivity index (χ2v) is 14.2. The Morgan fingerprint density at radius 2 is 1.70 bits per heavy atom. The Morgan fingerprint density at radius 1 is 0.915 bits per heavy atom. The van der Waals surface area contributed by atoms with E-state index in [1.807, 2.05) is 19.1 Å². The van der Waals surface area contributed by atoms with Crippen LogP contribution in [0.4, 0.5) is 0 Å². The number of ether oxygens (including phenoxy) is 3. The summed E-state index contributed by atoms with van der Waals surface area (Å²) in [6.45, 7) is 12.7. The van der Waals surface area contributed by atoms with Gasteiger partial charge in [0.25, 0.3) is 0 Å². The number of likely N-dealkylation sites (tertiary alicyclic amines) is 1. The summed E-state index contributed by atoms with van der Waals surface area (Å²) >= 11 is 6.83. The average Bonchev–Trinajstić information content (AvgIpc) is 3.76. The third kappa shape index (κ3) is 7.82. The highest BCUT2D eigenvalue weighted by molar-refractivity contribution is 6.32. The molecule has 4 atom stereocenters. The van der Waals surface area contributed by atoms with E-state index in [0.717, 1.165) is 62.4 Å². The largest absolute Gasteiger partial charge is 0.493 e. The van der Waals surface area contributed by atoms with Crippen LogP contribution in [0.25, 0.3) is 11.1 Å². The van der Waals surface area contributed by atoms with Gasteiger partial charge >= 0.3 is 0 Å². The lowest BCUT2D eigenvalue weighted by atomic mass is 9.93. The summed E-state index contributed by atoms with van der Waals surface area (Å²) in [4.78, 5) is 14.3. The molecule has 3 aromatic rings. The summed E-state index contributed by atoms with van der Waals surface area (Å²) in [5.41, 5.74) is 7.21. The van der Waals surface area contributed by atoms with Crippen molar-refractivity contribution in [3.05, 3.63) is 75.8 Å². The molecule has 1 N–H and O–H groups in total. The van der Waals surface area contributed by atoms with Crippen molar-refractivity contribution in [2.45, 2.75) is 104 Å². The second-order valence-electron chi connectivity index (χ2n) is 13.8. The van der Waals surface area contributed by atoms with Gasteiger partial charge in [0.2, 0.25) is 0 Å². The molecule has 0 spiro atoms. The van der Waals surface area contributed by atoms with Crippen LogP contribution in [-0.2, 0) is 17.8 Å². The van der Waals surface area contributed by atoms with Gasteiger partial charge in [-0.05, 0) is 119 Å². The highest BCUT2D eigenvalue weighted by atomic mass is 35.5. The van der Waals surface area contributed by atoms with Gasteiger partial charge in [0.15, 0.2) is 0 Å². The molecular weight excluding hydrogens is 608 g/mol. The van der Waals surface area contributed by atoms with Gasteiger partial charge in [-0.25, -0.2) is 0 Å². The molecule has 2 aliphatic carbocycles. The van der Waals surface area contributed by atoms with Gasteiger partial charge in [-0.15, -0.1) is 0 Å². The molecule has 3 aliphatic rings. The number of Topliss-reactive ketones (excluding diaryl/α,β-unsaturated/α-hetero) is 1. The molecule has 252 valence electrons. The number of ketones is 1. The molecular formula is C40H51ClN2O4. The van der Waals surface area contributed by atoms with E-state index in [2.05, 4.69) is 67.4 Å². The first-order chi connectivity index (χ1) is 22.8. The molecule has 1 heterocycles. The molecule has 47 heavy (non-hydrogen) atoms. The SMILES string of the molecule is CCOc1cc(O[C@H]2CCc3c(-c4cccc(OCCCN5[C@H](C)CC[C@H]5C)c4C)cccc32)c(Cl)cc1CNC[C@@H]1CCC(=O)C1. The zero-order chi connectivity index (χ0) is 32.9. The third-order valence-corrected chi connectivity index (χ3v) is 10.8. The summed E-state index contributed by atoms with van der Waals surface area (Å²) in [5.74, 6) is 3.19.